The van der Waals surface area contributed by atoms with Crippen molar-refractivity contribution in [3.63, 3.8) is 0 Å². The summed E-state index contributed by atoms with van der Waals surface area (Å²) in [7, 11) is 0. The highest BCUT2D eigenvalue weighted by atomic mass is 16.3. The number of hydrogen-bond donors (Lipinski definition) is 1. The van der Waals surface area contributed by atoms with Crippen molar-refractivity contribution < 1.29 is 5.11 Å². The molecule has 0 radical (unpaired) electrons. The molecule has 2 rings (SSSR count). The van der Waals surface area contributed by atoms with Crippen LogP contribution in [0.1, 0.15) is 16.7 Å². The highest BCUT2D eigenvalue weighted by Crippen LogP contribution is 2.18. The van der Waals surface area contributed by atoms with Crippen LogP contribution in [0.5, 0.6) is 5.75 Å². The van der Waals surface area contributed by atoms with Crippen molar-refractivity contribution in [3.8, 4) is 18.1 Å². The van der Waals surface area contributed by atoms with Crippen LogP contribution in [0.25, 0.3) is 0 Å². The second kappa shape index (κ2) is 5.20. The molecule has 0 amide bonds. The molecule has 18 heavy (non-hydrogen) atoms. The summed E-state index contributed by atoms with van der Waals surface area (Å²) in [6.07, 6.45) is 6.93. The summed E-state index contributed by atoms with van der Waals surface area (Å²) in [5, 5.41) is 9.68. The molecule has 0 spiro atoms. The molecule has 2 aromatic carbocycles. The molecule has 2 nitrogen and oxygen atoms in total. The summed E-state index contributed by atoms with van der Waals surface area (Å²) in [6, 6.07) is 12.8. The lowest BCUT2D eigenvalue weighted by atomic mass is 10.1. The van der Waals surface area contributed by atoms with Gasteiger partial charge in [-0.15, -0.1) is 6.42 Å². The van der Waals surface area contributed by atoms with Gasteiger partial charge in [0.05, 0.1) is 5.69 Å². The number of phenolic OH excluding ortho intramolecular Hbond substituents is 1. The Labute approximate surface area is 107 Å². The van der Waals surface area contributed by atoms with Gasteiger partial charge in [0.15, 0.2) is 0 Å². The van der Waals surface area contributed by atoms with Gasteiger partial charge in [-0.3, -0.25) is 4.99 Å². The van der Waals surface area contributed by atoms with Crippen LogP contribution in [-0.2, 0) is 0 Å². The van der Waals surface area contributed by atoms with Gasteiger partial charge in [-0.25, -0.2) is 0 Å². The van der Waals surface area contributed by atoms with Gasteiger partial charge in [-0.05, 0) is 43.3 Å². The summed E-state index contributed by atoms with van der Waals surface area (Å²) in [6.45, 7) is 1.97. The maximum absolute atomic E-state index is 9.68. The van der Waals surface area contributed by atoms with Gasteiger partial charge in [-0.2, -0.15) is 0 Å². The van der Waals surface area contributed by atoms with E-state index in [1.54, 1.807) is 12.3 Å². The third kappa shape index (κ3) is 2.78. The van der Waals surface area contributed by atoms with Crippen molar-refractivity contribution in [2.75, 3.05) is 0 Å². The van der Waals surface area contributed by atoms with Gasteiger partial charge >= 0.3 is 0 Å². The first-order valence-corrected chi connectivity index (χ1v) is 5.59. The van der Waals surface area contributed by atoms with Crippen molar-refractivity contribution in [1.29, 1.82) is 0 Å². The van der Waals surface area contributed by atoms with E-state index in [0.29, 0.717) is 5.56 Å². The van der Waals surface area contributed by atoms with Gasteiger partial charge in [-0.1, -0.05) is 17.6 Å². The summed E-state index contributed by atoms with van der Waals surface area (Å²) >= 11 is 0. The van der Waals surface area contributed by atoms with E-state index in [1.807, 2.05) is 43.3 Å². The predicted molar refractivity (Wildman–Crippen MR) is 74.5 cm³/mol. The van der Waals surface area contributed by atoms with Gasteiger partial charge in [0, 0.05) is 17.3 Å². The molecule has 88 valence electrons. The Bertz CT molecular complexity index is 619. The van der Waals surface area contributed by atoms with Crippen molar-refractivity contribution in [1.82, 2.24) is 0 Å². The van der Waals surface area contributed by atoms with Gasteiger partial charge in [0.25, 0.3) is 0 Å². The first kappa shape index (κ1) is 11.9. The van der Waals surface area contributed by atoms with E-state index in [1.165, 1.54) is 0 Å². The fraction of sp³-hybridized carbons (Fsp3) is 0.0625. The third-order valence-electron chi connectivity index (χ3n) is 2.57. The van der Waals surface area contributed by atoms with Crippen LogP contribution in [-0.4, -0.2) is 11.3 Å². The molecule has 0 unspecified atom stereocenters. The highest BCUT2D eigenvalue weighted by molar-refractivity contribution is 5.85. The van der Waals surface area contributed by atoms with E-state index in [2.05, 4.69) is 10.9 Å². The Kier molecular flexibility index (Phi) is 3.45. The number of benzene rings is 2. The smallest absolute Gasteiger partial charge is 0.124 e. The number of phenols is 1. The van der Waals surface area contributed by atoms with Crippen molar-refractivity contribution in [2.24, 2.45) is 4.99 Å². The van der Waals surface area contributed by atoms with E-state index in [4.69, 9.17) is 6.42 Å². The first-order valence-electron chi connectivity index (χ1n) is 5.59. The molecule has 0 heterocycles. The second-order valence-electron chi connectivity index (χ2n) is 4.01. The minimum atomic E-state index is 0.226. The van der Waals surface area contributed by atoms with Gasteiger partial charge < -0.3 is 5.11 Å². The maximum atomic E-state index is 9.68. The molecular weight excluding hydrogens is 222 g/mol. The Morgan fingerprint density at radius 2 is 1.89 bits per heavy atom. The molecule has 0 fully saturated rings. The number of rotatable bonds is 2. The molecule has 2 heteroatoms. The zero-order valence-electron chi connectivity index (χ0n) is 10.1. The lowest BCUT2D eigenvalue weighted by Crippen LogP contribution is -1.83. The van der Waals surface area contributed by atoms with E-state index >= 15 is 0 Å². The average molecular weight is 235 g/mol. The third-order valence-corrected chi connectivity index (χ3v) is 2.57. The molecule has 0 atom stereocenters. The number of aromatic hydroxyl groups is 1. The molecular formula is C16H13NO. The molecule has 0 saturated heterocycles. The minimum absolute atomic E-state index is 0.226. The Hall–Kier alpha value is -2.53. The van der Waals surface area contributed by atoms with Crippen molar-refractivity contribution >= 4 is 11.9 Å². The zero-order chi connectivity index (χ0) is 13.0. The largest absolute Gasteiger partial charge is 0.507 e. The molecule has 0 aliphatic rings. The van der Waals surface area contributed by atoms with E-state index in [-0.39, 0.29) is 5.75 Å². The lowest BCUT2D eigenvalue weighted by molar-refractivity contribution is 0.474. The molecule has 0 aliphatic heterocycles. The summed E-state index contributed by atoms with van der Waals surface area (Å²) < 4.78 is 0. The van der Waals surface area contributed by atoms with E-state index in [9.17, 15) is 5.11 Å². The number of aryl methyl sites for hydroxylation is 1. The number of aliphatic imine (C=N–C) groups is 1. The van der Waals surface area contributed by atoms with Crippen molar-refractivity contribution in [3.05, 3.63) is 59.2 Å². The van der Waals surface area contributed by atoms with Crippen LogP contribution in [0.4, 0.5) is 5.69 Å². The Balaban J connectivity index is 2.24. The highest BCUT2D eigenvalue weighted by Gasteiger charge is 1.97. The quantitative estimate of drug-likeness (QED) is 0.627. The molecule has 0 saturated carbocycles. The molecule has 2 aromatic rings. The summed E-state index contributed by atoms with van der Waals surface area (Å²) in [4.78, 5) is 4.30. The van der Waals surface area contributed by atoms with E-state index in [0.717, 1.165) is 16.8 Å². The lowest BCUT2D eigenvalue weighted by Gasteiger charge is -2.00. The Morgan fingerprint density at radius 3 is 2.56 bits per heavy atom. The standard InChI is InChI=1S/C16H13NO/c1-3-13-5-7-15(8-6-13)17-11-14-10-12(2)4-9-16(14)18/h1,4-11,18H,2H3. The molecule has 0 aliphatic carbocycles. The zero-order valence-corrected chi connectivity index (χ0v) is 10.1. The van der Waals surface area contributed by atoms with Crippen LogP contribution in [0.3, 0.4) is 0 Å². The predicted octanol–water partition coefficient (Wildman–Crippen LogP) is 3.43. The first-order chi connectivity index (χ1) is 8.69. The van der Waals surface area contributed by atoms with Crippen LogP contribution in [0, 0.1) is 19.3 Å². The van der Waals surface area contributed by atoms with Crippen LogP contribution in [0.2, 0.25) is 0 Å². The topological polar surface area (TPSA) is 32.6 Å². The van der Waals surface area contributed by atoms with Crippen LogP contribution in [0.15, 0.2) is 47.5 Å². The summed E-state index contributed by atoms with van der Waals surface area (Å²) in [5.74, 6) is 2.78. The van der Waals surface area contributed by atoms with E-state index < -0.39 is 0 Å². The number of nitrogens with zero attached hydrogens (tertiary/aromatic N) is 1. The van der Waals surface area contributed by atoms with Crippen LogP contribution >= 0.6 is 0 Å². The molecule has 0 aromatic heterocycles. The monoisotopic (exact) mass is 235 g/mol. The van der Waals surface area contributed by atoms with Crippen molar-refractivity contribution in [2.45, 2.75) is 6.92 Å². The van der Waals surface area contributed by atoms with Gasteiger partial charge in [0.1, 0.15) is 5.75 Å². The minimum Gasteiger partial charge on any atom is -0.507 e. The number of hydrogen-bond acceptors (Lipinski definition) is 2. The molecule has 0 bridgehead atoms. The summed E-state index contributed by atoms with van der Waals surface area (Å²) in [5.41, 5.74) is 3.41. The molecule has 1 N–H and O–H groups in total. The second-order valence-corrected chi connectivity index (χ2v) is 4.01. The number of terminal acetylenes is 1. The maximum Gasteiger partial charge on any atom is 0.124 e. The Morgan fingerprint density at radius 1 is 1.17 bits per heavy atom. The average Bonchev–Trinajstić information content (AvgIpc) is 2.40. The SMILES string of the molecule is C#Cc1ccc(N=Cc2cc(C)ccc2O)cc1. The van der Waals surface area contributed by atoms with Crippen LogP contribution < -0.4 is 0 Å². The fourth-order valence-electron chi connectivity index (χ4n) is 1.57. The normalized spacial score (nSPS) is 10.4. The fourth-order valence-corrected chi connectivity index (χ4v) is 1.57. The van der Waals surface area contributed by atoms with Gasteiger partial charge in [0.2, 0.25) is 0 Å².